The molecule has 2 unspecified atom stereocenters. The first-order valence-corrected chi connectivity index (χ1v) is 6.31. The molecular weight excluding hydrogens is 200 g/mol. The van der Waals surface area contributed by atoms with Crippen LogP contribution < -0.4 is 10.6 Å². The van der Waals surface area contributed by atoms with Gasteiger partial charge in [-0.3, -0.25) is 0 Å². The summed E-state index contributed by atoms with van der Waals surface area (Å²) in [6.07, 6.45) is 5.40. The minimum absolute atomic E-state index is 0.494. The van der Waals surface area contributed by atoms with E-state index in [4.69, 9.17) is 4.42 Å². The Bertz CT molecular complexity index is 278. The molecule has 16 heavy (non-hydrogen) atoms. The highest BCUT2D eigenvalue weighted by Gasteiger charge is 2.14. The molecule has 2 atom stereocenters. The summed E-state index contributed by atoms with van der Waals surface area (Å²) in [6.45, 7) is 5.70. The molecule has 0 saturated carbocycles. The maximum absolute atomic E-state index is 5.34. The summed E-state index contributed by atoms with van der Waals surface area (Å²) in [5, 5.41) is 7.04. The molecule has 2 rings (SSSR count). The van der Waals surface area contributed by atoms with E-state index in [1.54, 1.807) is 6.26 Å². The van der Waals surface area contributed by atoms with Crippen molar-refractivity contribution in [1.29, 1.82) is 0 Å². The standard InChI is InChI=1S/C13H22N2O/c1-11(8-13-5-3-7-16-13)15-10-12-4-2-6-14-9-12/h3,5,7,11-12,14-15H,2,4,6,8-10H2,1H3. The fourth-order valence-corrected chi connectivity index (χ4v) is 2.27. The number of nitrogens with one attached hydrogen (secondary N) is 2. The van der Waals surface area contributed by atoms with Gasteiger partial charge < -0.3 is 15.1 Å². The molecule has 0 radical (unpaired) electrons. The summed E-state index contributed by atoms with van der Waals surface area (Å²) in [6, 6.07) is 4.49. The zero-order valence-corrected chi connectivity index (χ0v) is 10.0. The second-order valence-electron chi connectivity index (χ2n) is 4.81. The zero-order chi connectivity index (χ0) is 11.2. The summed E-state index contributed by atoms with van der Waals surface area (Å²) in [4.78, 5) is 0. The number of hydrogen-bond donors (Lipinski definition) is 2. The highest BCUT2D eigenvalue weighted by atomic mass is 16.3. The van der Waals surface area contributed by atoms with Gasteiger partial charge in [0, 0.05) is 12.5 Å². The predicted octanol–water partition coefficient (Wildman–Crippen LogP) is 1.80. The van der Waals surface area contributed by atoms with Gasteiger partial charge in [-0.25, -0.2) is 0 Å². The molecule has 3 heteroatoms. The molecular formula is C13H22N2O. The number of piperidine rings is 1. The van der Waals surface area contributed by atoms with Crippen molar-refractivity contribution >= 4 is 0 Å². The lowest BCUT2D eigenvalue weighted by Crippen LogP contribution is -2.39. The monoisotopic (exact) mass is 222 g/mol. The maximum atomic E-state index is 5.34. The Morgan fingerprint density at radius 1 is 1.62 bits per heavy atom. The lowest BCUT2D eigenvalue weighted by Gasteiger charge is -2.24. The molecule has 1 fully saturated rings. The molecule has 1 aliphatic rings. The van der Waals surface area contributed by atoms with Gasteiger partial charge in [0.2, 0.25) is 0 Å². The lowest BCUT2D eigenvalue weighted by molar-refractivity contribution is 0.342. The molecule has 1 aliphatic heterocycles. The van der Waals surface area contributed by atoms with Crippen LogP contribution in [0.4, 0.5) is 0 Å². The molecule has 2 heterocycles. The van der Waals surface area contributed by atoms with Crippen LogP contribution in [0.3, 0.4) is 0 Å². The predicted molar refractivity (Wildman–Crippen MR) is 65.5 cm³/mol. The van der Waals surface area contributed by atoms with E-state index < -0.39 is 0 Å². The van der Waals surface area contributed by atoms with Crippen LogP contribution in [-0.4, -0.2) is 25.7 Å². The molecule has 3 nitrogen and oxygen atoms in total. The fraction of sp³-hybridized carbons (Fsp3) is 0.692. The van der Waals surface area contributed by atoms with E-state index >= 15 is 0 Å². The van der Waals surface area contributed by atoms with Crippen molar-refractivity contribution in [2.24, 2.45) is 5.92 Å². The van der Waals surface area contributed by atoms with E-state index in [0.29, 0.717) is 6.04 Å². The highest BCUT2D eigenvalue weighted by molar-refractivity contribution is 4.99. The zero-order valence-electron chi connectivity index (χ0n) is 10.0. The molecule has 90 valence electrons. The van der Waals surface area contributed by atoms with Crippen molar-refractivity contribution in [1.82, 2.24) is 10.6 Å². The molecule has 0 aromatic carbocycles. The van der Waals surface area contributed by atoms with Crippen LogP contribution in [0, 0.1) is 5.92 Å². The van der Waals surface area contributed by atoms with Gasteiger partial charge in [-0.15, -0.1) is 0 Å². The van der Waals surface area contributed by atoms with Crippen LogP contribution in [0.2, 0.25) is 0 Å². The van der Waals surface area contributed by atoms with Crippen molar-refractivity contribution in [3.63, 3.8) is 0 Å². The first kappa shape index (κ1) is 11.7. The van der Waals surface area contributed by atoms with Crippen molar-refractivity contribution in [3.05, 3.63) is 24.2 Å². The number of rotatable bonds is 5. The molecule has 2 N–H and O–H groups in total. The summed E-state index contributed by atoms with van der Waals surface area (Å²) in [5.74, 6) is 1.87. The van der Waals surface area contributed by atoms with Crippen molar-refractivity contribution in [2.75, 3.05) is 19.6 Å². The van der Waals surface area contributed by atoms with Gasteiger partial charge in [-0.2, -0.15) is 0 Å². The van der Waals surface area contributed by atoms with Crippen LogP contribution in [0.5, 0.6) is 0 Å². The quantitative estimate of drug-likeness (QED) is 0.797. The van der Waals surface area contributed by atoms with E-state index in [9.17, 15) is 0 Å². The van der Waals surface area contributed by atoms with Crippen LogP contribution in [-0.2, 0) is 6.42 Å². The first-order chi connectivity index (χ1) is 7.84. The molecule has 1 aromatic heterocycles. The van der Waals surface area contributed by atoms with Crippen molar-refractivity contribution in [3.8, 4) is 0 Å². The Hall–Kier alpha value is -0.800. The van der Waals surface area contributed by atoms with Gasteiger partial charge >= 0.3 is 0 Å². The van der Waals surface area contributed by atoms with Gasteiger partial charge in [0.15, 0.2) is 0 Å². The fourth-order valence-electron chi connectivity index (χ4n) is 2.27. The van der Waals surface area contributed by atoms with E-state index in [2.05, 4.69) is 17.6 Å². The summed E-state index contributed by atoms with van der Waals surface area (Å²) in [5.41, 5.74) is 0. The molecule has 1 saturated heterocycles. The largest absolute Gasteiger partial charge is 0.469 e. The minimum Gasteiger partial charge on any atom is -0.469 e. The van der Waals surface area contributed by atoms with Crippen molar-refractivity contribution in [2.45, 2.75) is 32.2 Å². The number of hydrogen-bond acceptors (Lipinski definition) is 3. The molecule has 0 amide bonds. The van der Waals surface area contributed by atoms with Gasteiger partial charge in [-0.05, 0) is 57.5 Å². The molecule has 0 spiro atoms. The Morgan fingerprint density at radius 3 is 3.25 bits per heavy atom. The van der Waals surface area contributed by atoms with E-state index in [1.807, 2.05) is 12.1 Å². The molecule has 0 bridgehead atoms. The Morgan fingerprint density at radius 2 is 2.56 bits per heavy atom. The summed E-state index contributed by atoms with van der Waals surface area (Å²) < 4.78 is 5.34. The van der Waals surface area contributed by atoms with Crippen molar-refractivity contribution < 1.29 is 4.42 Å². The third-order valence-corrected chi connectivity index (χ3v) is 3.24. The molecule has 1 aromatic rings. The maximum Gasteiger partial charge on any atom is 0.105 e. The lowest BCUT2D eigenvalue weighted by atomic mass is 9.99. The van der Waals surface area contributed by atoms with E-state index in [1.165, 1.54) is 25.9 Å². The SMILES string of the molecule is CC(Cc1ccco1)NCC1CCCNC1. The third-order valence-electron chi connectivity index (χ3n) is 3.24. The summed E-state index contributed by atoms with van der Waals surface area (Å²) >= 11 is 0. The van der Waals surface area contributed by atoms with Gasteiger partial charge in [0.25, 0.3) is 0 Å². The highest BCUT2D eigenvalue weighted by Crippen LogP contribution is 2.09. The van der Waals surface area contributed by atoms with Gasteiger partial charge in [-0.1, -0.05) is 0 Å². The Labute approximate surface area is 97.6 Å². The second-order valence-corrected chi connectivity index (χ2v) is 4.81. The average Bonchev–Trinajstić information content (AvgIpc) is 2.81. The summed E-state index contributed by atoms with van der Waals surface area (Å²) in [7, 11) is 0. The van der Waals surface area contributed by atoms with E-state index in [-0.39, 0.29) is 0 Å². The van der Waals surface area contributed by atoms with Gasteiger partial charge in [0.1, 0.15) is 5.76 Å². The topological polar surface area (TPSA) is 37.2 Å². The normalized spacial score (nSPS) is 23.2. The van der Waals surface area contributed by atoms with Crippen LogP contribution >= 0.6 is 0 Å². The first-order valence-electron chi connectivity index (χ1n) is 6.31. The van der Waals surface area contributed by atoms with Crippen LogP contribution in [0.25, 0.3) is 0 Å². The average molecular weight is 222 g/mol. The number of furan rings is 1. The minimum atomic E-state index is 0.494. The van der Waals surface area contributed by atoms with Gasteiger partial charge in [0.05, 0.1) is 6.26 Å². The Kier molecular flexibility index (Phi) is 4.43. The van der Waals surface area contributed by atoms with Crippen LogP contribution in [0.15, 0.2) is 22.8 Å². The third kappa shape index (κ3) is 3.65. The molecule has 0 aliphatic carbocycles. The Balaban J connectivity index is 1.65. The van der Waals surface area contributed by atoms with E-state index in [0.717, 1.165) is 24.6 Å². The van der Waals surface area contributed by atoms with Crippen LogP contribution in [0.1, 0.15) is 25.5 Å². The second kappa shape index (κ2) is 6.06. The smallest absolute Gasteiger partial charge is 0.105 e.